The highest BCUT2D eigenvalue weighted by Crippen LogP contribution is 2.41. The van der Waals surface area contributed by atoms with Crippen LogP contribution < -0.4 is 0 Å². The van der Waals surface area contributed by atoms with E-state index in [0.717, 1.165) is 94.8 Å². The van der Waals surface area contributed by atoms with E-state index in [1.165, 1.54) is 10.8 Å². The summed E-state index contributed by atoms with van der Waals surface area (Å²) in [6.07, 6.45) is 3.65. The largest absolute Gasteiger partial charge is 0.455 e. The van der Waals surface area contributed by atoms with Gasteiger partial charge < -0.3 is 4.42 Å². The highest BCUT2D eigenvalue weighted by Gasteiger charge is 2.18. The van der Waals surface area contributed by atoms with Crippen molar-refractivity contribution in [1.82, 2.24) is 19.9 Å². The summed E-state index contributed by atoms with van der Waals surface area (Å²) >= 11 is 0. The van der Waals surface area contributed by atoms with Gasteiger partial charge in [0.15, 0.2) is 5.82 Å². The molecule has 0 N–H and O–H groups in total. The van der Waals surface area contributed by atoms with Crippen LogP contribution in [0.5, 0.6) is 0 Å². The molecule has 0 aliphatic heterocycles. The van der Waals surface area contributed by atoms with Gasteiger partial charge in [0.2, 0.25) is 0 Å². The quantitative estimate of drug-likeness (QED) is 0.162. The van der Waals surface area contributed by atoms with Crippen LogP contribution >= 0.6 is 0 Å². The minimum Gasteiger partial charge on any atom is -0.455 e. The molecule has 4 aromatic heterocycles. The van der Waals surface area contributed by atoms with E-state index in [1.54, 1.807) is 0 Å². The molecule has 0 unspecified atom stereocenters. The Labute approximate surface area is 341 Å². The monoisotopic (exact) mass is 754 g/mol. The number of furan rings is 1. The third-order valence-corrected chi connectivity index (χ3v) is 11.0. The van der Waals surface area contributed by atoms with E-state index in [0.29, 0.717) is 5.82 Å². The van der Waals surface area contributed by atoms with E-state index in [4.69, 9.17) is 24.4 Å². The molecule has 11 rings (SSSR count). The van der Waals surface area contributed by atoms with Gasteiger partial charge in [-0.05, 0) is 100 Å². The van der Waals surface area contributed by atoms with Crippen LogP contribution in [0.4, 0.5) is 0 Å². The van der Waals surface area contributed by atoms with Gasteiger partial charge in [0.1, 0.15) is 11.2 Å². The maximum atomic E-state index is 6.61. The lowest BCUT2D eigenvalue weighted by molar-refractivity contribution is 0.670. The Morgan fingerprint density at radius 3 is 1.53 bits per heavy atom. The van der Waals surface area contributed by atoms with Crippen LogP contribution in [-0.4, -0.2) is 19.9 Å². The van der Waals surface area contributed by atoms with Crippen LogP contribution in [0.25, 0.3) is 111 Å². The Balaban J connectivity index is 1.17. The second kappa shape index (κ2) is 14.5. The van der Waals surface area contributed by atoms with Gasteiger partial charge >= 0.3 is 0 Å². The minimum absolute atomic E-state index is 0.636. The SMILES string of the molecule is c1ccc(-c2nc(-c3cc(-c4ccccn4)cc(-c4ccccn4)c3)cc(-c3cc(-c4cccc5ccccc45)cc(-c4cccc5c4oc4ccccc45)c3)n2)cc1. The summed E-state index contributed by atoms with van der Waals surface area (Å²) in [5, 5.41) is 4.55. The third-order valence-electron chi connectivity index (χ3n) is 11.0. The van der Waals surface area contributed by atoms with Crippen LogP contribution in [-0.2, 0) is 0 Å². The number of fused-ring (bicyclic) bond motifs is 4. The summed E-state index contributed by atoms with van der Waals surface area (Å²) in [6, 6.07) is 67.2. The molecule has 11 aromatic rings. The van der Waals surface area contributed by atoms with Crippen molar-refractivity contribution in [2.24, 2.45) is 0 Å². The predicted molar refractivity (Wildman–Crippen MR) is 240 cm³/mol. The molecule has 5 heteroatoms. The standard InChI is InChI=1S/C54H34N4O/c1-2-15-36(16-3-1)54-57-50(34-51(58-54)42-32-39(48-23-8-10-26-55-48)31-40(33-42)49-24-9-11-27-56-49)41-29-37(44-20-12-17-35-14-4-5-18-43(35)44)28-38(30-41)45-21-13-22-47-46-19-6-7-25-52(46)59-53(45)47/h1-34H. The molecule has 59 heavy (non-hydrogen) atoms. The summed E-state index contributed by atoms with van der Waals surface area (Å²) in [7, 11) is 0. The Morgan fingerprint density at radius 2 is 0.831 bits per heavy atom. The molecule has 0 saturated carbocycles. The van der Waals surface area contributed by atoms with Crippen LogP contribution in [0.3, 0.4) is 0 Å². The third kappa shape index (κ3) is 6.41. The number of nitrogens with zero attached hydrogens (tertiary/aromatic N) is 4. The zero-order valence-electron chi connectivity index (χ0n) is 31.8. The molecule has 4 heterocycles. The molecule has 0 radical (unpaired) electrons. The number of para-hydroxylation sites is 2. The van der Waals surface area contributed by atoms with Gasteiger partial charge in [-0.3, -0.25) is 9.97 Å². The summed E-state index contributed by atoms with van der Waals surface area (Å²) in [4.78, 5) is 20.0. The van der Waals surface area contributed by atoms with Crippen molar-refractivity contribution in [3.63, 3.8) is 0 Å². The minimum atomic E-state index is 0.636. The van der Waals surface area contributed by atoms with Gasteiger partial charge in [-0.15, -0.1) is 0 Å². The number of hydrogen-bond acceptors (Lipinski definition) is 5. The first kappa shape index (κ1) is 34.2. The van der Waals surface area contributed by atoms with E-state index < -0.39 is 0 Å². The van der Waals surface area contributed by atoms with Crippen LogP contribution in [0, 0.1) is 0 Å². The molecule has 0 fully saturated rings. The van der Waals surface area contributed by atoms with Gasteiger partial charge in [-0.25, -0.2) is 9.97 Å². The molecule has 0 bridgehead atoms. The maximum Gasteiger partial charge on any atom is 0.160 e. The van der Waals surface area contributed by atoms with Crippen molar-refractivity contribution in [2.75, 3.05) is 0 Å². The summed E-state index contributed by atoms with van der Waals surface area (Å²) in [5.74, 6) is 0.636. The highest BCUT2D eigenvalue weighted by atomic mass is 16.3. The second-order valence-electron chi connectivity index (χ2n) is 14.7. The molecule has 0 amide bonds. The van der Waals surface area contributed by atoms with Crippen LogP contribution in [0.1, 0.15) is 0 Å². The van der Waals surface area contributed by atoms with Crippen molar-refractivity contribution in [1.29, 1.82) is 0 Å². The molecule has 0 atom stereocenters. The molecule has 0 aliphatic carbocycles. The van der Waals surface area contributed by atoms with Gasteiger partial charge in [0.05, 0.1) is 22.8 Å². The smallest absolute Gasteiger partial charge is 0.160 e. The summed E-state index contributed by atoms with van der Waals surface area (Å²) in [6.45, 7) is 0. The lowest BCUT2D eigenvalue weighted by atomic mass is 9.91. The molecule has 0 saturated heterocycles. The van der Waals surface area contributed by atoms with E-state index in [-0.39, 0.29) is 0 Å². The van der Waals surface area contributed by atoms with Crippen molar-refractivity contribution in [3.8, 4) is 78.7 Å². The van der Waals surface area contributed by atoms with Crippen molar-refractivity contribution in [2.45, 2.75) is 0 Å². The zero-order chi connectivity index (χ0) is 39.1. The van der Waals surface area contributed by atoms with E-state index in [2.05, 4.69) is 127 Å². The fourth-order valence-corrected chi connectivity index (χ4v) is 8.14. The fraction of sp³-hybridized carbons (Fsp3) is 0. The van der Waals surface area contributed by atoms with Gasteiger partial charge in [0, 0.05) is 56.5 Å². The first-order chi connectivity index (χ1) is 29.2. The second-order valence-corrected chi connectivity index (χ2v) is 14.7. The zero-order valence-corrected chi connectivity index (χ0v) is 31.8. The molecule has 7 aromatic carbocycles. The molecule has 0 spiro atoms. The molecule has 0 aliphatic rings. The summed E-state index contributed by atoms with van der Waals surface area (Å²) < 4.78 is 6.61. The molecule has 5 nitrogen and oxygen atoms in total. The number of pyridine rings is 2. The Kier molecular flexibility index (Phi) is 8.41. The van der Waals surface area contributed by atoms with Crippen molar-refractivity contribution < 1.29 is 4.42 Å². The van der Waals surface area contributed by atoms with Crippen LogP contribution in [0.2, 0.25) is 0 Å². The highest BCUT2D eigenvalue weighted by molar-refractivity contribution is 6.10. The Bertz CT molecular complexity index is 3260. The normalized spacial score (nSPS) is 11.4. The van der Waals surface area contributed by atoms with E-state index in [1.807, 2.05) is 79.1 Å². The van der Waals surface area contributed by atoms with E-state index >= 15 is 0 Å². The Hall–Kier alpha value is -8.02. The van der Waals surface area contributed by atoms with E-state index in [9.17, 15) is 0 Å². The van der Waals surface area contributed by atoms with Gasteiger partial charge in [-0.1, -0.05) is 121 Å². The van der Waals surface area contributed by atoms with Gasteiger partial charge in [-0.2, -0.15) is 0 Å². The molecule has 276 valence electrons. The van der Waals surface area contributed by atoms with Crippen molar-refractivity contribution >= 4 is 32.7 Å². The maximum absolute atomic E-state index is 6.61. The first-order valence-corrected chi connectivity index (χ1v) is 19.7. The molecular weight excluding hydrogens is 721 g/mol. The lowest BCUT2D eigenvalue weighted by Crippen LogP contribution is -1.97. The summed E-state index contributed by atoms with van der Waals surface area (Å²) in [5.41, 5.74) is 14.1. The topological polar surface area (TPSA) is 64.7 Å². The van der Waals surface area contributed by atoms with Gasteiger partial charge in [0.25, 0.3) is 0 Å². The lowest BCUT2D eigenvalue weighted by Gasteiger charge is -2.15. The molecular formula is C54H34N4O. The van der Waals surface area contributed by atoms with Crippen molar-refractivity contribution in [3.05, 3.63) is 207 Å². The number of aromatic nitrogens is 4. The Morgan fingerprint density at radius 1 is 0.322 bits per heavy atom. The number of rotatable bonds is 7. The number of hydrogen-bond donors (Lipinski definition) is 0. The fourth-order valence-electron chi connectivity index (χ4n) is 8.14. The average molecular weight is 755 g/mol. The number of benzene rings is 7. The average Bonchev–Trinajstić information content (AvgIpc) is 3.71. The predicted octanol–water partition coefficient (Wildman–Crippen LogP) is 14.0. The van der Waals surface area contributed by atoms with Crippen LogP contribution in [0.15, 0.2) is 211 Å². The first-order valence-electron chi connectivity index (χ1n) is 19.7.